The van der Waals surface area contributed by atoms with Crippen molar-refractivity contribution in [1.82, 2.24) is 5.43 Å². The topological polar surface area (TPSA) is 81.2 Å². The van der Waals surface area contributed by atoms with Gasteiger partial charge in [0.15, 0.2) is 16.6 Å². The molecule has 170 valence electrons. The Kier molecular flexibility index (Phi) is 8.65. The Morgan fingerprint density at radius 3 is 2.52 bits per heavy atom. The summed E-state index contributed by atoms with van der Waals surface area (Å²) in [5.41, 5.74) is 4.30. The van der Waals surface area contributed by atoms with E-state index in [4.69, 9.17) is 38.0 Å². The van der Waals surface area contributed by atoms with Crippen LogP contribution in [0.2, 0.25) is 5.02 Å². The number of benzene rings is 3. The van der Waals surface area contributed by atoms with E-state index in [1.807, 2.05) is 6.07 Å². The van der Waals surface area contributed by atoms with Gasteiger partial charge in [0.05, 0.1) is 26.0 Å². The summed E-state index contributed by atoms with van der Waals surface area (Å²) in [6.45, 7) is 0. The summed E-state index contributed by atoms with van der Waals surface area (Å²) in [5, 5.41) is 7.96. The van der Waals surface area contributed by atoms with Gasteiger partial charge in [-0.15, -0.1) is 0 Å². The zero-order chi connectivity index (χ0) is 23.8. The van der Waals surface area contributed by atoms with Crippen molar-refractivity contribution >= 4 is 62.7 Å². The molecule has 3 aromatic rings. The lowest BCUT2D eigenvalue weighted by atomic mass is 10.2. The van der Waals surface area contributed by atoms with E-state index in [1.54, 1.807) is 54.6 Å². The maximum absolute atomic E-state index is 12.7. The van der Waals surface area contributed by atoms with Crippen LogP contribution in [0.5, 0.6) is 17.2 Å². The Morgan fingerprint density at radius 1 is 1.03 bits per heavy atom. The van der Waals surface area contributed by atoms with E-state index in [9.17, 15) is 4.79 Å². The predicted molar refractivity (Wildman–Crippen MR) is 137 cm³/mol. The minimum absolute atomic E-state index is 0.271. The molecule has 0 bridgehead atoms. The summed E-state index contributed by atoms with van der Waals surface area (Å²) in [4.78, 5) is 12.7. The third-order valence-electron chi connectivity index (χ3n) is 4.25. The van der Waals surface area contributed by atoms with Gasteiger partial charge >= 0.3 is 5.97 Å². The molecule has 3 aromatic carbocycles. The number of hydrazone groups is 1. The van der Waals surface area contributed by atoms with Crippen LogP contribution in [0.4, 0.5) is 5.69 Å². The van der Waals surface area contributed by atoms with Crippen LogP contribution >= 0.6 is 39.7 Å². The van der Waals surface area contributed by atoms with Crippen molar-refractivity contribution < 1.29 is 19.0 Å². The Hall–Kier alpha value is -3.14. The van der Waals surface area contributed by atoms with Crippen molar-refractivity contribution in [2.24, 2.45) is 5.10 Å². The minimum Gasteiger partial charge on any atom is -0.493 e. The first-order valence-corrected chi connectivity index (χ1v) is 11.1. The smallest absolute Gasteiger partial charge is 0.343 e. The minimum atomic E-state index is -0.556. The number of esters is 1. The number of carbonyl (C=O) groups is 1. The number of thiocarbonyl (C=S) groups is 1. The maximum Gasteiger partial charge on any atom is 0.343 e. The highest BCUT2D eigenvalue weighted by atomic mass is 79.9. The van der Waals surface area contributed by atoms with Crippen molar-refractivity contribution in [3.63, 3.8) is 0 Å². The lowest BCUT2D eigenvalue weighted by molar-refractivity contribution is 0.0734. The molecule has 0 unspecified atom stereocenters. The van der Waals surface area contributed by atoms with Gasteiger partial charge in [-0.2, -0.15) is 5.10 Å². The summed E-state index contributed by atoms with van der Waals surface area (Å²) in [7, 11) is 3.02. The Balaban J connectivity index is 1.71. The van der Waals surface area contributed by atoms with E-state index in [2.05, 4.69) is 31.8 Å². The van der Waals surface area contributed by atoms with Crippen LogP contribution < -0.4 is 25.0 Å². The molecule has 0 spiro atoms. The van der Waals surface area contributed by atoms with Crippen molar-refractivity contribution in [1.29, 1.82) is 0 Å². The summed E-state index contributed by atoms with van der Waals surface area (Å²) in [5.74, 6) is 0.699. The van der Waals surface area contributed by atoms with E-state index in [1.165, 1.54) is 20.4 Å². The lowest BCUT2D eigenvalue weighted by Crippen LogP contribution is -2.23. The maximum atomic E-state index is 12.7. The van der Waals surface area contributed by atoms with Crippen LogP contribution in [-0.2, 0) is 0 Å². The third-order valence-corrected chi connectivity index (χ3v) is 5.17. The zero-order valence-electron chi connectivity index (χ0n) is 17.6. The predicted octanol–water partition coefficient (Wildman–Crippen LogP) is 5.66. The third kappa shape index (κ3) is 6.92. The zero-order valence-corrected chi connectivity index (χ0v) is 20.8. The molecule has 10 heteroatoms. The number of methoxy groups -OCH3 is 2. The van der Waals surface area contributed by atoms with E-state index in [0.29, 0.717) is 33.4 Å². The first kappa shape index (κ1) is 24.5. The first-order valence-electron chi connectivity index (χ1n) is 9.49. The molecular weight excluding hydrogens is 530 g/mol. The fourth-order valence-electron chi connectivity index (χ4n) is 2.72. The second-order valence-corrected chi connectivity index (χ2v) is 8.24. The molecular formula is C23H19BrClN3O4S. The number of hydrogen-bond donors (Lipinski definition) is 2. The Bertz CT molecular complexity index is 1210. The van der Waals surface area contributed by atoms with Gasteiger partial charge < -0.3 is 19.5 Å². The molecule has 33 heavy (non-hydrogen) atoms. The Morgan fingerprint density at radius 2 is 1.79 bits per heavy atom. The van der Waals surface area contributed by atoms with E-state index in [0.717, 1.165) is 10.2 Å². The first-order chi connectivity index (χ1) is 15.9. The highest BCUT2D eigenvalue weighted by Gasteiger charge is 2.15. The van der Waals surface area contributed by atoms with Crippen molar-refractivity contribution in [3.05, 3.63) is 81.3 Å². The largest absolute Gasteiger partial charge is 0.493 e. The van der Waals surface area contributed by atoms with Crippen LogP contribution in [-0.4, -0.2) is 31.5 Å². The van der Waals surface area contributed by atoms with E-state index in [-0.39, 0.29) is 5.11 Å². The Labute approximate surface area is 209 Å². The average molecular weight is 549 g/mol. The quantitative estimate of drug-likeness (QED) is 0.130. The highest BCUT2D eigenvalue weighted by Crippen LogP contribution is 2.29. The van der Waals surface area contributed by atoms with Crippen molar-refractivity contribution in [2.75, 3.05) is 19.5 Å². The van der Waals surface area contributed by atoms with Crippen molar-refractivity contribution in [3.8, 4) is 17.2 Å². The molecule has 0 radical (unpaired) electrons. The molecule has 0 aliphatic rings. The van der Waals surface area contributed by atoms with Crippen LogP contribution in [0.25, 0.3) is 0 Å². The fourth-order valence-corrected chi connectivity index (χ4v) is 3.46. The second-order valence-electron chi connectivity index (χ2n) is 6.48. The van der Waals surface area contributed by atoms with Crippen LogP contribution in [0, 0.1) is 0 Å². The molecule has 0 aliphatic heterocycles. The van der Waals surface area contributed by atoms with Gasteiger partial charge in [0.25, 0.3) is 0 Å². The lowest BCUT2D eigenvalue weighted by Gasteiger charge is -2.11. The van der Waals surface area contributed by atoms with Gasteiger partial charge in [-0.1, -0.05) is 33.6 Å². The fraction of sp³-hybridized carbons (Fsp3) is 0.0870. The second kappa shape index (κ2) is 11.6. The van der Waals surface area contributed by atoms with Gasteiger partial charge in [0, 0.05) is 20.7 Å². The van der Waals surface area contributed by atoms with Crippen LogP contribution in [0.3, 0.4) is 0 Å². The number of halogens is 2. The number of anilines is 1. The van der Waals surface area contributed by atoms with E-state index >= 15 is 0 Å². The molecule has 2 N–H and O–H groups in total. The normalized spacial score (nSPS) is 10.5. The molecule has 0 aliphatic carbocycles. The average Bonchev–Trinajstić information content (AvgIpc) is 2.80. The molecule has 0 saturated heterocycles. The number of nitrogens with zero attached hydrogens (tertiary/aromatic N) is 1. The van der Waals surface area contributed by atoms with E-state index < -0.39 is 5.97 Å². The van der Waals surface area contributed by atoms with Crippen LogP contribution in [0.1, 0.15) is 15.9 Å². The van der Waals surface area contributed by atoms with Gasteiger partial charge in [-0.25, -0.2) is 4.79 Å². The van der Waals surface area contributed by atoms with Crippen LogP contribution in [0.15, 0.2) is 70.2 Å². The molecule has 0 heterocycles. The molecule has 0 saturated carbocycles. The molecule has 7 nitrogen and oxygen atoms in total. The SMILES string of the molecule is COc1ccc(C(=O)Oc2ccc(Br)cc2C=NNC(=S)Nc2cccc(Cl)c2)cc1OC. The van der Waals surface area contributed by atoms with Gasteiger partial charge in [0.1, 0.15) is 5.75 Å². The number of carbonyl (C=O) groups excluding carboxylic acids is 1. The molecule has 0 aromatic heterocycles. The molecule has 0 amide bonds. The van der Waals surface area contributed by atoms with Gasteiger partial charge in [-0.05, 0) is 66.8 Å². The monoisotopic (exact) mass is 547 g/mol. The number of hydrogen-bond acceptors (Lipinski definition) is 6. The molecule has 3 rings (SSSR count). The van der Waals surface area contributed by atoms with Crippen molar-refractivity contribution in [2.45, 2.75) is 0 Å². The summed E-state index contributed by atoms with van der Waals surface area (Å²) in [6.07, 6.45) is 1.49. The molecule has 0 fully saturated rings. The molecule has 0 atom stereocenters. The summed E-state index contributed by atoms with van der Waals surface area (Å²) in [6, 6.07) is 17.1. The number of ether oxygens (including phenoxy) is 3. The van der Waals surface area contributed by atoms with Gasteiger partial charge in [-0.3, -0.25) is 5.43 Å². The van der Waals surface area contributed by atoms with Gasteiger partial charge in [0.2, 0.25) is 0 Å². The number of rotatable bonds is 7. The standard InChI is InChI=1S/C23H19BrClN3O4S/c1-30-20-8-6-14(11-21(20)31-2)22(29)32-19-9-7-16(24)10-15(19)13-26-28-23(33)27-18-5-3-4-17(25)12-18/h3-13H,1-2H3,(H2,27,28,33). The number of nitrogens with one attached hydrogen (secondary N) is 2. The summed E-state index contributed by atoms with van der Waals surface area (Å²) < 4.78 is 16.8. The summed E-state index contributed by atoms with van der Waals surface area (Å²) >= 11 is 14.6. The highest BCUT2D eigenvalue weighted by molar-refractivity contribution is 9.10.